The molecule has 1 aromatic rings. The molecule has 0 atom stereocenters. The zero-order valence-electron chi connectivity index (χ0n) is 16.2. The van der Waals surface area contributed by atoms with E-state index in [1.165, 1.54) is 6.07 Å². The zero-order chi connectivity index (χ0) is 20.8. The molecule has 0 radical (unpaired) electrons. The molecule has 2 aliphatic rings. The summed E-state index contributed by atoms with van der Waals surface area (Å²) < 4.78 is 20.3. The first-order valence-electron chi connectivity index (χ1n) is 10.1. The number of halogens is 2. The average molecular weight is 425 g/mol. The molecule has 0 saturated heterocycles. The number of carbonyl (C=O) groups is 2. The van der Waals surface area contributed by atoms with E-state index in [0.29, 0.717) is 29.7 Å². The number of nitrogens with one attached hydrogen (secondary N) is 2. The van der Waals surface area contributed by atoms with Crippen molar-refractivity contribution in [2.75, 3.05) is 18.5 Å². The number of amides is 2. The number of aliphatic hydroxyl groups excluding tert-OH is 1. The Bertz CT molecular complexity index is 806. The molecule has 6 nitrogen and oxygen atoms in total. The first-order chi connectivity index (χ1) is 14.0. The van der Waals surface area contributed by atoms with Gasteiger partial charge in [0.15, 0.2) is 0 Å². The molecule has 0 aromatic heterocycles. The minimum atomic E-state index is -0.662. The smallest absolute Gasteiger partial charge is 0.252 e. The van der Waals surface area contributed by atoms with Gasteiger partial charge in [-0.25, -0.2) is 4.39 Å². The van der Waals surface area contributed by atoms with Gasteiger partial charge in [0, 0.05) is 23.8 Å². The van der Waals surface area contributed by atoms with Crippen molar-refractivity contribution in [3.05, 3.63) is 34.1 Å². The first-order valence-corrected chi connectivity index (χ1v) is 10.5. The number of aliphatic hydroxyl groups is 1. The second kappa shape index (κ2) is 10.1. The molecular weight excluding hydrogens is 399 g/mol. The van der Waals surface area contributed by atoms with E-state index in [0.717, 1.165) is 44.6 Å². The molecular formula is C21H26ClFN2O4. The van der Waals surface area contributed by atoms with Crippen molar-refractivity contribution in [1.82, 2.24) is 5.32 Å². The van der Waals surface area contributed by atoms with Crippen LogP contribution < -0.4 is 15.4 Å². The molecule has 1 saturated carbocycles. The van der Waals surface area contributed by atoms with Crippen molar-refractivity contribution in [3.8, 4) is 5.75 Å². The average Bonchev–Trinajstić information content (AvgIpc) is 3.22. The quantitative estimate of drug-likeness (QED) is 0.622. The summed E-state index contributed by atoms with van der Waals surface area (Å²) in [5.41, 5.74) is 0.707. The molecule has 1 aromatic carbocycles. The molecule has 1 fully saturated rings. The van der Waals surface area contributed by atoms with E-state index < -0.39 is 11.7 Å². The van der Waals surface area contributed by atoms with Gasteiger partial charge in [0.05, 0.1) is 23.4 Å². The van der Waals surface area contributed by atoms with Crippen LogP contribution in [0.3, 0.4) is 0 Å². The summed E-state index contributed by atoms with van der Waals surface area (Å²) in [4.78, 5) is 25.1. The van der Waals surface area contributed by atoms with Crippen molar-refractivity contribution in [2.45, 2.75) is 57.5 Å². The maximum atomic E-state index is 14.4. The van der Waals surface area contributed by atoms with Crippen LogP contribution in [-0.2, 0) is 9.59 Å². The fourth-order valence-electron chi connectivity index (χ4n) is 3.78. The van der Waals surface area contributed by atoms with Crippen LogP contribution in [0.5, 0.6) is 5.75 Å². The summed E-state index contributed by atoms with van der Waals surface area (Å²) in [6.45, 7) is -0.0643. The highest BCUT2D eigenvalue weighted by atomic mass is 35.5. The third-order valence-corrected chi connectivity index (χ3v) is 5.57. The Labute approximate surface area is 174 Å². The fraction of sp³-hybridized carbons (Fsp3) is 0.524. The van der Waals surface area contributed by atoms with Gasteiger partial charge in [-0.05, 0) is 57.4 Å². The Morgan fingerprint density at radius 3 is 2.41 bits per heavy atom. The molecule has 2 aliphatic carbocycles. The van der Waals surface area contributed by atoms with Crippen LogP contribution in [0.25, 0.3) is 0 Å². The lowest BCUT2D eigenvalue weighted by molar-refractivity contribution is -0.119. The topological polar surface area (TPSA) is 87.7 Å². The predicted molar refractivity (Wildman–Crippen MR) is 109 cm³/mol. The molecule has 2 amide bonds. The van der Waals surface area contributed by atoms with Crippen LogP contribution in [0.4, 0.5) is 10.1 Å². The summed E-state index contributed by atoms with van der Waals surface area (Å²) in [5.74, 6) is -1.20. The third-order valence-electron chi connectivity index (χ3n) is 5.28. The number of benzene rings is 1. The minimum Gasteiger partial charge on any atom is -0.489 e. The lowest BCUT2D eigenvalue weighted by Crippen LogP contribution is -2.31. The molecule has 0 spiro atoms. The molecule has 3 rings (SSSR count). The predicted octanol–water partition coefficient (Wildman–Crippen LogP) is 3.72. The monoisotopic (exact) mass is 424 g/mol. The van der Waals surface area contributed by atoms with Crippen LogP contribution in [0.1, 0.15) is 51.4 Å². The van der Waals surface area contributed by atoms with Crippen molar-refractivity contribution in [3.63, 3.8) is 0 Å². The van der Waals surface area contributed by atoms with Gasteiger partial charge in [0.1, 0.15) is 11.6 Å². The van der Waals surface area contributed by atoms with Crippen molar-refractivity contribution < 1.29 is 23.8 Å². The lowest BCUT2D eigenvalue weighted by Gasteiger charge is -2.20. The molecule has 0 aliphatic heterocycles. The van der Waals surface area contributed by atoms with E-state index in [1.54, 1.807) is 0 Å². The lowest BCUT2D eigenvalue weighted by atomic mass is 9.90. The number of hydrogen-bond donors (Lipinski definition) is 3. The molecule has 3 N–H and O–H groups in total. The highest BCUT2D eigenvalue weighted by molar-refractivity contribution is 6.32. The Hall–Kier alpha value is -2.12. The van der Waals surface area contributed by atoms with Gasteiger partial charge >= 0.3 is 0 Å². The Balaban J connectivity index is 1.79. The van der Waals surface area contributed by atoms with Crippen molar-refractivity contribution >= 4 is 29.1 Å². The molecule has 0 bridgehead atoms. The van der Waals surface area contributed by atoms with E-state index in [9.17, 15) is 14.0 Å². The van der Waals surface area contributed by atoms with Crippen LogP contribution in [0, 0.1) is 5.82 Å². The standard InChI is InChI=1S/C21H26ClFN2O4/c22-16-11-17(23)18(12-19(16)29-13-5-1-2-6-13)25-21(28)15-8-4-3-7-14(15)20(27)24-9-10-26/h11-13,26H,1-10H2,(H,24,27)(H,25,28). The summed E-state index contributed by atoms with van der Waals surface area (Å²) in [6, 6.07) is 2.54. The van der Waals surface area contributed by atoms with Crippen LogP contribution in [-0.4, -0.2) is 36.2 Å². The van der Waals surface area contributed by atoms with E-state index in [2.05, 4.69) is 10.6 Å². The summed E-state index contributed by atoms with van der Waals surface area (Å²) in [6.07, 6.45) is 6.55. The maximum Gasteiger partial charge on any atom is 0.252 e. The van der Waals surface area contributed by atoms with E-state index in [-0.39, 0.29) is 35.9 Å². The highest BCUT2D eigenvalue weighted by Gasteiger charge is 2.25. The number of ether oxygens (including phenoxy) is 1. The van der Waals surface area contributed by atoms with Crippen molar-refractivity contribution in [1.29, 1.82) is 0 Å². The summed E-state index contributed by atoms with van der Waals surface area (Å²) in [5, 5.41) is 14.2. The van der Waals surface area contributed by atoms with Crippen molar-refractivity contribution in [2.24, 2.45) is 0 Å². The molecule has 0 unspecified atom stereocenters. The highest BCUT2D eigenvalue weighted by Crippen LogP contribution is 2.34. The van der Waals surface area contributed by atoms with Gasteiger partial charge in [-0.15, -0.1) is 0 Å². The second-order valence-corrected chi connectivity index (χ2v) is 7.79. The Kier molecular flexibility index (Phi) is 7.50. The zero-order valence-corrected chi connectivity index (χ0v) is 17.0. The number of hydrogen-bond acceptors (Lipinski definition) is 4. The third kappa shape index (κ3) is 5.48. The normalized spacial score (nSPS) is 17.3. The van der Waals surface area contributed by atoms with Crippen LogP contribution in [0.2, 0.25) is 5.02 Å². The van der Waals surface area contributed by atoms with Gasteiger partial charge in [0.2, 0.25) is 5.91 Å². The number of anilines is 1. The van der Waals surface area contributed by atoms with E-state index >= 15 is 0 Å². The summed E-state index contributed by atoms with van der Waals surface area (Å²) >= 11 is 6.12. The maximum absolute atomic E-state index is 14.4. The SMILES string of the molecule is O=C(NCCO)C1=C(C(=O)Nc2cc(OC3CCCC3)c(Cl)cc2F)CCCC1. The minimum absolute atomic E-state index is 0.0272. The van der Waals surface area contributed by atoms with Gasteiger partial charge in [0.25, 0.3) is 5.91 Å². The summed E-state index contributed by atoms with van der Waals surface area (Å²) in [7, 11) is 0. The largest absolute Gasteiger partial charge is 0.489 e. The molecule has 8 heteroatoms. The fourth-order valence-corrected chi connectivity index (χ4v) is 3.98. The molecule has 0 heterocycles. The second-order valence-electron chi connectivity index (χ2n) is 7.38. The Morgan fingerprint density at radius 1 is 1.10 bits per heavy atom. The first kappa shape index (κ1) is 21.6. The van der Waals surface area contributed by atoms with Crippen LogP contribution >= 0.6 is 11.6 Å². The van der Waals surface area contributed by atoms with Gasteiger partial charge in [-0.2, -0.15) is 0 Å². The molecule has 29 heavy (non-hydrogen) atoms. The Morgan fingerprint density at radius 2 is 1.76 bits per heavy atom. The van der Waals surface area contributed by atoms with E-state index in [4.69, 9.17) is 21.4 Å². The number of carbonyl (C=O) groups excluding carboxylic acids is 2. The van der Waals surface area contributed by atoms with E-state index in [1.807, 2.05) is 0 Å². The number of rotatable bonds is 7. The molecule has 158 valence electrons. The van der Waals surface area contributed by atoms with Gasteiger partial charge in [-0.1, -0.05) is 11.6 Å². The van der Waals surface area contributed by atoms with Gasteiger partial charge < -0.3 is 20.5 Å². The van der Waals surface area contributed by atoms with Gasteiger partial charge in [-0.3, -0.25) is 9.59 Å². The van der Waals surface area contributed by atoms with Crippen LogP contribution in [0.15, 0.2) is 23.3 Å².